The molecule has 2 aliphatic heterocycles. The van der Waals surface area contributed by atoms with E-state index < -0.39 is 0 Å². The molecule has 2 unspecified atom stereocenters. The molecule has 0 radical (unpaired) electrons. The van der Waals surface area contributed by atoms with Gasteiger partial charge in [-0.1, -0.05) is 78.9 Å². The van der Waals surface area contributed by atoms with Crippen molar-refractivity contribution >= 4 is 16.8 Å². The molecule has 3 aromatic carbocycles. The first kappa shape index (κ1) is 27.7. The molecule has 214 valence electrons. The number of amides is 1. The average Bonchev–Trinajstić information content (AvgIpc) is 3.68. The van der Waals surface area contributed by atoms with Crippen molar-refractivity contribution in [2.75, 3.05) is 45.9 Å². The van der Waals surface area contributed by atoms with Crippen molar-refractivity contribution in [1.82, 2.24) is 20.1 Å². The average molecular weight is 551 g/mol. The number of morpholine rings is 1. The van der Waals surface area contributed by atoms with E-state index in [0.29, 0.717) is 12.6 Å². The van der Waals surface area contributed by atoms with Crippen molar-refractivity contribution in [3.63, 3.8) is 0 Å². The number of hydrogen-bond donors (Lipinski definition) is 2. The Balaban J connectivity index is 1.44. The van der Waals surface area contributed by atoms with Gasteiger partial charge in [-0.05, 0) is 56.5 Å². The van der Waals surface area contributed by atoms with Gasteiger partial charge in [0.2, 0.25) is 0 Å². The lowest BCUT2D eigenvalue weighted by molar-refractivity contribution is 0.0374. The Morgan fingerprint density at radius 1 is 0.951 bits per heavy atom. The molecule has 6 heteroatoms. The molecule has 3 heterocycles. The molecule has 0 saturated carbocycles. The van der Waals surface area contributed by atoms with E-state index >= 15 is 0 Å². The van der Waals surface area contributed by atoms with Crippen LogP contribution in [0.1, 0.15) is 65.3 Å². The molecule has 2 saturated heterocycles. The van der Waals surface area contributed by atoms with Crippen molar-refractivity contribution in [2.24, 2.45) is 0 Å². The van der Waals surface area contributed by atoms with Crippen molar-refractivity contribution in [3.05, 3.63) is 107 Å². The lowest BCUT2D eigenvalue weighted by atomic mass is 9.83. The number of nitrogens with zero attached hydrogens (tertiary/aromatic N) is 2. The van der Waals surface area contributed by atoms with Crippen molar-refractivity contribution in [2.45, 2.75) is 44.2 Å². The topological polar surface area (TPSA) is 58.5 Å². The van der Waals surface area contributed by atoms with Gasteiger partial charge in [-0.2, -0.15) is 0 Å². The summed E-state index contributed by atoms with van der Waals surface area (Å²) >= 11 is 0. The number of fused-ring (bicyclic) bond motifs is 1. The molecule has 6 rings (SSSR count). The van der Waals surface area contributed by atoms with Crippen molar-refractivity contribution < 1.29 is 9.53 Å². The van der Waals surface area contributed by atoms with Gasteiger partial charge in [0.05, 0.1) is 13.2 Å². The predicted octanol–water partition coefficient (Wildman–Crippen LogP) is 5.59. The van der Waals surface area contributed by atoms with Gasteiger partial charge in [0.1, 0.15) is 5.69 Å². The van der Waals surface area contributed by atoms with E-state index in [9.17, 15) is 4.79 Å². The van der Waals surface area contributed by atoms with Gasteiger partial charge in [-0.15, -0.1) is 0 Å². The lowest BCUT2D eigenvalue weighted by Crippen LogP contribution is -2.38. The molecule has 2 N–H and O–H groups in total. The zero-order valence-electron chi connectivity index (χ0n) is 24.1. The molecule has 0 bridgehead atoms. The van der Waals surface area contributed by atoms with Crippen LogP contribution in [0.3, 0.4) is 0 Å². The smallest absolute Gasteiger partial charge is 0.268 e. The van der Waals surface area contributed by atoms with Gasteiger partial charge in [0.15, 0.2) is 0 Å². The first-order valence-corrected chi connectivity index (χ1v) is 15.3. The van der Waals surface area contributed by atoms with Gasteiger partial charge >= 0.3 is 0 Å². The summed E-state index contributed by atoms with van der Waals surface area (Å²) in [6.07, 6.45) is 3.20. The standard InChI is InChI=1S/C35H42N4O2/c1-26(30-17-10-19-36-30)39-31-18-9-8-16-29(31)33(32(27-12-4-2-5-13-27)28-14-6-3-7-15-28)34(39)35(40)37-20-11-21-38-22-24-41-25-23-38/h2-9,12-16,18,26,30,32,36H,10-11,17,19-25H2,1H3,(H,37,40). The van der Waals surface area contributed by atoms with E-state index in [2.05, 4.69) is 112 Å². The molecule has 41 heavy (non-hydrogen) atoms. The second kappa shape index (κ2) is 13.0. The van der Waals surface area contributed by atoms with Crippen LogP contribution in [-0.4, -0.2) is 67.4 Å². The minimum atomic E-state index is -0.0682. The highest BCUT2D eigenvalue weighted by molar-refractivity contribution is 6.03. The van der Waals surface area contributed by atoms with Crippen LogP contribution in [0.25, 0.3) is 10.9 Å². The number of rotatable bonds is 10. The van der Waals surface area contributed by atoms with Crippen LogP contribution in [0, 0.1) is 0 Å². The molecule has 0 aliphatic carbocycles. The van der Waals surface area contributed by atoms with Gasteiger partial charge in [0.25, 0.3) is 5.91 Å². The molecule has 2 atom stereocenters. The maximum atomic E-state index is 14.4. The van der Waals surface area contributed by atoms with Gasteiger partial charge < -0.3 is 19.9 Å². The summed E-state index contributed by atoms with van der Waals surface area (Å²) in [5.41, 5.74) is 5.38. The summed E-state index contributed by atoms with van der Waals surface area (Å²) in [6.45, 7) is 8.44. The summed E-state index contributed by atoms with van der Waals surface area (Å²) in [7, 11) is 0. The zero-order chi connectivity index (χ0) is 28.0. The van der Waals surface area contributed by atoms with Gasteiger partial charge in [-0.3, -0.25) is 9.69 Å². The second-order valence-corrected chi connectivity index (χ2v) is 11.4. The number of para-hydroxylation sites is 1. The highest BCUT2D eigenvalue weighted by atomic mass is 16.5. The maximum absolute atomic E-state index is 14.4. The Labute approximate surface area is 243 Å². The summed E-state index contributed by atoms with van der Waals surface area (Å²) in [4.78, 5) is 16.8. The lowest BCUT2D eigenvalue weighted by Gasteiger charge is -2.27. The van der Waals surface area contributed by atoms with Crippen LogP contribution in [0.5, 0.6) is 0 Å². The number of hydrogen-bond acceptors (Lipinski definition) is 4. The Hall–Kier alpha value is -3.45. The maximum Gasteiger partial charge on any atom is 0.268 e. The largest absolute Gasteiger partial charge is 0.379 e. The minimum Gasteiger partial charge on any atom is -0.379 e. The highest BCUT2D eigenvalue weighted by Crippen LogP contribution is 2.42. The Bertz CT molecular complexity index is 1380. The summed E-state index contributed by atoms with van der Waals surface area (Å²) < 4.78 is 7.83. The Morgan fingerprint density at radius 3 is 2.27 bits per heavy atom. The molecule has 4 aromatic rings. The monoisotopic (exact) mass is 550 g/mol. The van der Waals surface area contributed by atoms with E-state index in [4.69, 9.17) is 4.74 Å². The highest BCUT2D eigenvalue weighted by Gasteiger charge is 2.34. The SMILES string of the molecule is CC(C1CCCN1)n1c(C(=O)NCCCN2CCOCC2)c(C(c2ccccc2)c2ccccc2)c2ccccc21. The summed E-state index contributed by atoms with van der Waals surface area (Å²) in [5, 5.41) is 8.20. The Kier molecular flexibility index (Phi) is 8.80. The second-order valence-electron chi connectivity index (χ2n) is 11.4. The summed E-state index contributed by atoms with van der Waals surface area (Å²) in [6, 6.07) is 30.3. The van der Waals surface area contributed by atoms with Crippen LogP contribution in [0.4, 0.5) is 0 Å². The fourth-order valence-corrected chi connectivity index (χ4v) is 6.77. The third-order valence-electron chi connectivity index (χ3n) is 8.85. The quantitative estimate of drug-likeness (QED) is 0.253. The van der Waals surface area contributed by atoms with E-state index in [1.54, 1.807) is 0 Å². The first-order valence-electron chi connectivity index (χ1n) is 15.3. The van der Waals surface area contributed by atoms with Crippen LogP contribution in [0.15, 0.2) is 84.9 Å². The van der Waals surface area contributed by atoms with Crippen molar-refractivity contribution in [3.8, 4) is 0 Å². The van der Waals surface area contributed by atoms with Crippen LogP contribution in [-0.2, 0) is 4.74 Å². The molecule has 2 fully saturated rings. The molecule has 6 nitrogen and oxygen atoms in total. The number of aromatic nitrogens is 1. The number of ether oxygens (including phenoxy) is 1. The molecular formula is C35H42N4O2. The van der Waals surface area contributed by atoms with Crippen LogP contribution >= 0.6 is 0 Å². The third kappa shape index (κ3) is 5.96. The van der Waals surface area contributed by atoms with Gasteiger partial charge in [0, 0.05) is 54.1 Å². The number of carbonyl (C=O) groups is 1. The normalized spacial score (nSPS) is 18.6. The van der Waals surface area contributed by atoms with E-state index in [1.165, 1.54) is 17.5 Å². The van der Waals surface area contributed by atoms with Gasteiger partial charge in [-0.25, -0.2) is 0 Å². The zero-order valence-corrected chi connectivity index (χ0v) is 24.1. The van der Waals surface area contributed by atoms with Crippen molar-refractivity contribution in [1.29, 1.82) is 0 Å². The minimum absolute atomic E-state index is 0.0138. The fourth-order valence-electron chi connectivity index (χ4n) is 6.77. The number of benzene rings is 3. The van der Waals surface area contributed by atoms with E-state index in [1.807, 2.05) is 0 Å². The molecular weight excluding hydrogens is 508 g/mol. The first-order chi connectivity index (χ1) is 20.2. The molecule has 1 aromatic heterocycles. The molecule has 0 spiro atoms. The molecule has 1 amide bonds. The Morgan fingerprint density at radius 2 is 1.61 bits per heavy atom. The van der Waals surface area contributed by atoms with Crippen LogP contribution in [0.2, 0.25) is 0 Å². The third-order valence-corrected chi connectivity index (χ3v) is 8.85. The molecule has 2 aliphatic rings. The number of nitrogens with one attached hydrogen (secondary N) is 2. The van der Waals surface area contributed by atoms with Crippen LogP contribution < -0.4 is 10.6 Å². The summed E-state index contributed by atoms with van der Waals surface area (Å²) in [5.74, 6) is -0.0544. The number of carbonyl (C=O) groups excluding carboxylic acids is 1. The predicted molar refractivity (Wildman–Crippen MR) is 166 cm³/mol. The van der Waals surface area contributed by atoms with E-state index in [-0.39, 0.29) is 17.9 Å². The fraction of sp³-hybridized carbons (Fsp3) is 0.400. The van der Waals surface area contributed by atoms with E-state index in [0.717, 1.165) is 74.4 Å².